The number of aromatic nitrogens is 2. The van der Waals surface area contributed by atoms with Crippen molar-refractivity contribution in [2.45, 2.75) is 39.0 Å². The quantitative estimate of drug-likeness (QED) is 0.903. The van der Waals surface area contributed by atoms with Gasteiger partial charge in [0.05, 0.1) is 11.4 Å². The zero-order chi connectivity index (χ0) is 19.1. The van der Waals surface area contributed by atoms with Gasteiger partial charge in [0.1, 0.15) is 11.6 Å². The molecule has 1 N–H and O–H groups in total. The van der Waals surface area contributed by atoms with Crippen LogP contribution in [0.5, 0.6) is 5.75 Å². The van der Waals surface area contributed by atoms with Crippen molar-refractivity contribution in [3.63, 3.8) is 0 Å². The summed E-state index contributed by atoms with van der Waals surface area (Å²) in [6.45, 7) is 6.58. The zero-order valence-electron chi connectivity index (χ0n) is 15.7. The standard InChI is InChI=1S/C20H22N4O3/c1-4-24-16-9-15-12(7-17(16)27-10-19(24)26)13(8-18(25)22-15)14-5-6-21-20(23-14)11(2)3/h5-7,9,11,13H,4,8,10H2,1-3H3,(H,22,25). The van der Waals surface area contributed by atoms with Gasteiger partial charge in [-0.2, -0.15) is 0 Å². The first kappa shape index (κ1) is 17.5. The van der Waals surface area contributed by atoms with Gasteiger partial charge in [-0.3, -0.25) is 9.59 Å². The molecule has 27 heavy (non-hydrogen) atoms. The SMILES string of the molecule is CCN1C(=O)COc2cc3c(cc21)NC(=O)CC3c1ccnc(C(C)C)n1. The second-order valence-corrected chi connectivity index (χ2v) is 7.13. The lowest BCUT2D eigenvalue weighted by Gasteiger charge is -2.32. The van der Waals surface area contributed by atoms with Crippen molar-refractivity contribution in [3.05, 3.63) is 41.5 Å². The monoisotopic (exact) mass is 366 g/mol. The largest absolute Gasteiger partial charge is 0.482 e. The number of hydrogen-bond donors (Lipinski definition) is 1. The number of nitrogens with zero attached hydrogens (tertiary/aromatic N) is 3. The smallest absolute Gasteiger partial charge is 0.265 e. The fourth-order valence-electron chi connectivity index (χ4n) is 3.63. The summed E-state index contributed by atoms with van der Waals surface area (Å²) in [5, 5.41) is 2.93. The molecule has 4 rings (SSSR count). The van der Waals surface area contributed by atoms with E-state index in [-0.39, 0.29) is 30.3 Å². The molecule has 1 atom stereocenters. The molecule has 1 aromatic carbocycles. The zero-order valence-corrected chi connectivity index (χ0v) is 15.7. The van der Waals surface area contributed by atoms with Crippen LogP contribution in [-0.4, -0.2) is 34.9 Å². The molecule has 1 aromatic heterocycles. The number of nitrogens with one attached hydrogen (secondary N) is 1. The van der Waals surface area contributed by atoms with E-state index in [0.717, 1.165) is 17.1 Å². The molecule has 2 aromatic rings. The summed E-state index contributed by atoms with van der Waals surface area (Å²) >= 11 is 0. The number of carbonyl (C=O) groups excluding carboxylic acids is 2. The number of ether oxygens (including phenoxy) is 1. The topological polar surface area (TPSA) is 84.4 Å². The van der Waals surface area contributed by atoms with Crippen molar-refractivity contribution in [3.8, 4) is 5.75 Å². The van der Waals surface area contributed by atoms with Crippen LogP contribution in [0.1, 0.15) is 56.1 Å². The lowest BCUT2D eigenvalue weighted by atomic mass is 9.87. The molecule has 2 aliphatic heterocycles. The second kappa shape index (κ2) is 6.64. The van der Waals surface area contributed by atoms with Crippen molar-refractivity contribution in [2.75, 3.05) is 23.4 Å². The number of carbonyl (C=O) groups is 2. The van der Waals surface area contributed by atoms with Gasteiger partial charge in [0.25, 0.3) is 5.91 Å². The Labute approximate surface area is 157 Å². The fraction of sp³-hybridized carbons (Fsp3) is 0.400. The van der Waals surface area contributed by atoms with Crippen LogP contribution in [0.25, 0.3) is 0 Å². The Hall–Kier alpha value is -2.96. The third kappa shape index (κ3) is 3.03. The van der Waals surface area contributed by atoms with Gasteiger partial charge in [0, 0.05) is 36.7 Å². The highest BCUT2D eigenvalue weighted by Gasteiger charge is 2.32. The van der Waals surface area contributed by atoms with Crippen LogP contribution in [-0.2, 0) is 9.59 Å². The average Bonchev–Trinajstić information content (AvgIpc) is 2.66. The van der Waals surface area contributed by atoms with E-state index < -0.39 is 0 Å². The van der Waals surface area contributed by atoms with Gasteiger partial charge >= 0.3 is 0 Å². The Kier molecular flexibility index (Phi) is 4.30. The molecule has 0 bridgehead atoms. The van der Waals surface area contributed by atoms with Crippen LogP contribution in [0.15, 0.2) is 24.4 Å². The summed E-state index contributed by atoms with van der Waals surface area (Å²) in [6, 6.07) is 5.63. The van der Waals surface area contributed by atoms with Gasteiger partial charge in [0.15, 0.2) is 6.61 Å². The molecule has 3 heterocycles. The molecule has 7 nitrogen and oxygen atoms in total. The Morgan fingerprint density at radius 2 is 2.15 bits per heavy atom. The molecule has 0 fully saturated rings. The molecule has 0 aliphatic carbocycles. The molecule has 0 radical (unpaired) electrons. The Morgan fingerprint density at radius 3 is 2.89 bits per heavy atom. The van der Waals surface area contributed by atoms with Gasteiger partial charge in [0.2, 0.25) is 5.91 Å². The summed E-state index contributed by atoms with van der Waals surface area (Å²) in [7, 11) is 0. The summed E-state index contributed by atoms with van der Waals surface area (Å²) in [4.78, 5) is 35.1. The summed E-state index contributed by atoms with van der Waals surface area (Å²) in [5.41, 5.74) is 3.17. The number of benzene rings is 1. The first-order valence-electron chi connectivity index (χ1n) is 9.21. The van der Waals surface area contributed by atoms with E-state index in [1.165, 1.54) is 0 Å². The summed E-state index contributed by atoms with van der Waals surface area (Å²) in [5.74, 6) is 1.31. The predicted molar refractivity (Wildman–Crippen MR) is 101 cm³/mol. The molecule has 0 spiro atoms. The first-order valence-corrected chi connectivity index (χ1v) is 9.21. The van der Waals surface area contributed by atoms with Gasteiger partial charge in [-0.15, -0.1) is 0 Å². The summed E-state index contributed by atoms with van der Waals surface area (Å²) < 4.78 is 5.67. The lowest BCUT2D eigenvalue weighted by molar-refractivity contribution is -0.121. The van der Waals surface area contributed by atoms with E-state index in [2.05, 4.69) is 15.3 Å². The minimum absolute atomic E-state index is 0.0294. The lowest BCUT2D eigenvalue weighted by Crippen LogP contribution is -2.39. The minimum atomic E-state index is -0.171. The molecule has 0 saturated heterocycles. The Morgan fingerprint density at radius 1 is 1.33 bits per heavy atom. The third-order valence-corrected chi connectivity index (χ3v) is 5.00. The molecule has 7 heteroatoms. The number of likely N-dealkylation sites (N-methyl/N-ethyl adjacent to an activating group) is 1. The second-order valence-electron chi connectivity index (χ2n) is 7.13. The number of hydrogen-bond acceptors (Lipinski definition) is 5. The van der Waals surface area contributed by atoms with E-state index in [0.29, 0.717) is 30.1 Å². The van der Waals surface area contributed by atoms with E-state index >= 15 is 0 Å². The minimum Gasteiger partial charge on any atom is -0.482 e. The molecule has 2 aliphatic rings. The maximum Gasteiger partial charge on any atom is 0.265 e. The number of rotatable bonds is 3. The van der Waals surface area contributed by atoms with Crippen LogP contribution >= 0.6 is 0 Å². The fourth-order valence-corrected chi connectivity index (χ4v) is 3.63. The third-order valence-electron chi connectivity index (χ3n) is 5.00. The van der Waals surface area contributed by atoms with Crippen LogP contribution in [0.4, 0.5) is 11.4 Å². The Bertz CT molecular complexity index is 925. The van der Waals surface area contributed by atoms with Crippen molar-refractivity contribution in [1.29, 1.82) is 0 Å². The van der Waals surface area contributed by atoms with Crippen molar-refractivity contribution >= 4 is 23.2 Å². The predicted octanol–water partition coefficient (Wildman–Crippen LogP) is 2.82. The number of amides is 2. The number of fused-ring (bicyclic) bond motifs is 2. The maximum atomic E-state index is 12.3. The van der Waals surface area contributed by atoms with E-state index in [1.807, 2.05) is 39.0 Å². The van der Waals surface area contributed by atoms with Crippen molar-refractivity contribution in [1.82, 2.24) is 9.97 Å². The summed E-state index contributed by atoms with van der Waals surface area (Å²) in [6.07, 6.45) is 2.06. The normalized spacial score (nSPS) is 18.7. The molecule has 1 unspecified atom stereocenters. The van der Waals surface area contributed by atoms with Crippen molar-refractivity contribution < 1.29 is 14.3 Å². The molecule has 140 valence electrons. The van der Waals surface area contributed by atoms with E-state index in [4.69, 9.17) is 4.74 Å². The molecule has 2 amide bonds. The molecule has 0 saturated carbocycles. The molecular formula is C20H22N4O3. The Balaban J connectivity index is 1.82. The maximum absolute atomic E-state index is 12.3. The van der Waals surface area contributed by atoms with E-state index in [9.17, 15) is 9.59 Å². The van der Waals surface area contributed by atoms with E-state index in [1.54, 1.807) is 11.1 Å². The molecular weight excluding hydrogens is 344 g/mol. The van der Waals surface area contributed by atoms with Crippen LogP contribution < -0.4 is 15.0 Å². The average molecular weight is 366 g/mol. The van der Waals surface area contributed by atoms with Crippen LogP contribution in [0.2, 0.25) is 0 Å². The van der Waals surface area contributed by atoms with Crippen LogP contribution in [0.3, 0.4) is 0 Å². The first-order chi connectivity index (χ1) is 13.0. The van der Waals surface area contributed by atoms with Gasteiger partial charge in [-0.05, 0) is 30.7 Å². The van der Waals surface area contributed by atoms with Gasteiger partial charge in [-0.1, -0.05) is 13.8 Å². The van der Waals surface area contributed by atoms with Gasteiger partial charge in [-0.25, -0.2) is 9.97 Å². The highest BCUT2D eigenvalue weighted by molar-refractivity contribution is 6.01. The highest BCUT2D eigenvalue weighted by atomic mass is 16.5. The van der Waals surface area contributed by atoms with Gasteiger partial charge < -0.3 is 15.0 Å². The highest BCUT2D eigenvalue weighted by Crippen LogP contribution is 2.44. The van der Waals surface area contributed by atoms with Crippen LogP contribution in [0, 0.1) is 0 Å². The number of anilines is 2. The van der Waals surface area contributed by atoms with Crippen molar-refractivity contribution in [2.24, 2.45) is 0 Å².